The van der Waals surface area contributed by atoms with Crippen molar-refractivity contribution in [3.63, 3.8) is 0 Å². The van der Waals surface area contributed by atoms with Gasteiger partial charge < -0.3 is 15.0 Å². The lowest BCUT2D eigenvalue weighted by Gasteiger charge is -2.05. The van der Waals surface area contributed by atoms with Gasteiger partial charge in [-0.3, -0.25) is 15.1 Å². The maximum Gasteiger partial charge on any atom is 0.181 e. The molecule has 0 saturated heterocycles. The van der Waals surface area contributed by atoms with Gasteiger partial charge in [-0.2, -0.15) is 5.10 Å². The summed E-state index contributed by atoms with van der Waals surface area (Å²) in [6, 6.07) is 10.4. The SMILES string of the molecule is CCNCc1cncc(-c2cnc3n[nH]c(-c4nc5c(-c6cc(F)cc(OC)c6)nccc5[nH]4)c3c2)c1. The molecule has 0 aliphatic carbocycles. The Morgan fingerprint density at radius 1 is 1.00 bits per heavy atom. The van der Waals surface area contributed by atoms with Crippen LogP contribution in [0.5, 0.6) is 5.75 Å². The Bertz CT molecular complexity index is 1740. The van der Waals surface area contributed by atoms with Crippen LogP contribution in [0.3, 0.4) is 0 Å². The number of rotatable bonds is 7. The molecule has 1 aromatic carbocycles. The first kappa shape index (κ1) is 22.7. The van der Waals surface area contributed by atoms with E-state index < -0.39 is 5.82 Å². The second-order valence-corrected chi connectivity index (χ2v) is 8.58. The van der Waals surface area contributed by atoms with Crippen LogP contribution in [-0.2, 0) is 6.54 Å². The van der Waals surface area contributed by atoms with Gasteiger partial charge >= 0.3 is 0 Å². The third kappa shape index (κ3) is 4.27. The van der Waals surface area contributed by atoms with E-state index in [0.717, 1.165) is 40.7 Å². The molecule has 6 aromatic rings. The highest BCUT2D eigenvalue weighted by Gasteiger charge is 2.17. The lowest BCUT2D eigenvalue weighted by Crippen LogP contribution is -2.11. The van der Waals surface area contributed by atoms with E-state index in [4.69, 9.17) is 9.72 Å². The predicted octanol–water partition coefficient (Wildman–Crippen LogP) is 4.88. The summed E-state index contributed by atoms with van der Waals surface area (Å²) in [5.74, 6) is 0.575. The molecule has 10 heteroatoms. The van der Waals surface area contributed by atoms with Gasteiger partial charge in [0.25, 0.3) is 0 Å². The van der Waals surface area contributed by atoms with Crippen LogP contribution in [0.2, 0.25) is 0 Å². The zero-order valence-electron chi connectivity index (χ0n) is 20.2. The van der Waals surface area contributed by atoms with Gasteiger partial charge in [0.15, 0.2) is 11.5 Å². The highest BCUT2D eigenvalue weighted by atomic mass is 19.1. The molecule has 0 amide bonds. The first-order chi connectivity index (χ1) is 18.1. The van der Waals surface area contributed by atoms with E-state index >= 15 is 0 Å². The van der Waals surface area contributed by atoms with E-state index in [-0.39, 0.29) is 0 Å². The van der Waals surface area contributed by atoms with E-state index in [2.05, 4.69) is 48.4 Å². The number of pyridine rings is 3. The van der Waals surface area contributed by atoms with Crippen molar-refractivity contribution < 1.29 is 9.13 Å². The molecule has 6 rings (SSSR count). The van der Waals surface area contributed by atoms with Gasteiger partial charge in [-0.1, -0.05) is 6.92 Å². The Labute approximate surface area is 211 Å². The molecule has 184 valence electrons. The topological polar surface area (TPSA) is 117 Å². The van der Waals surface area contributed by atoms with Crippen molar-refractivity contribution in [2.45, 2.75) is 13.5 Å². The first-order valence-electron chi connectivity index (χ1n) is 11.8. The Kier molecular flexibility index (Phi) is 5.78. The number of imidazole rings is 1. The molecule has 0 radical (unpaired) electrons. The largest absolute Gasteiger partial charge is 0.497 e. The predicted molar refractivity (Wildman–Crippen MR) is 139 cm³/mol. The highest BCUT2D eigenvalue weighted by Crippen LogP contribution is 2.33. The lowest BCUT2D eigenvalue weighted by molar-refractivity contribution is 0.411. The van der Waals surface area contributed by atoms with E-state index in [1.165, 1.54) is 19.2 Å². The average Bonchev–Trinajstić information content (AvgIpc) is 3.55. The van der Waals surface area contributed by atoms with Crippen molar-refractivity contribution in [3.8, 4) is 39.7 Å². The summed E-state index contributed by atoms with van der Waals surface area (Å²) in [6.07, 6.45) is 7.13. The number of hydrogen-bond acceptors (Lipinski definition) is 7. The van der Waals surface area contributed by atoms with Gasteiger partial charge in [-0.15, -0.1) is 0 Å². The molecule has 0 aliphatic heterocycles. The first-order valence-corrected chi connectivity index (χ1v) is 11.8. The molecular weight excluding hydrogens is 471 g/mol. The number of aromatic nitrogens is 7. The fourth-order valence-corrected chi connectivity index (χ4v) is 4.33. The fourth-order valence-electron chi connectivity index (χ4n) is 4.33. The number of ether oxygens (including phenoxy) is 1. The summed E-state index contributed by atoms with van der Waals surface area (Å²) >= 11 is 0. The molecule has 3 N–H and O–H groups in total. The molecule has 0 aliphatic rings. The van der Waals surface area contributed by atoms with Crippen molar-refractivity contribution in [2.24, 2.45) is 0 Å². The smallest absolute Gasteiger partial charge is 0.181 e. The number of methoxy groups -OCH3 is 1. The molecule has 9 nitrogen and oxygen atoms in total. The number of nitrogens with one attached hydrogen (secondary N) is 3. The maximum absolute atomic E-state index is 14.2. The maximum atomic E-state index is 14.2. The minimum atomic E-state index is -0.411. The summed E-state index contributed by atoms with van der Waals surface area (Å²) in [6.45, 7) is 3.70. The normalized spacial score (nSPS) is 11.4. The third-order valence-electron chi connectivity index (χ3n) is 6.14. The molecule has 0 saturated carbocycles. The molecule has 0 fully saturated rings. The number of fused-ring (bicyclic) bond motifs is 2. The van der Waals surface area contributed by atoms with Crippen molar-refractivity contribution >= 4 is 22.1 Å². The lowest BCUT2D eigenvalue weighted by atomic mass is 10.1. The third-order valence-corrected chi connectivity index (χ3v) is 6.14. The number of hydrogen-bond donors (Lipinski definition) is 3. The van der Waals surface area contributed by atoms with Crippen LogP contribution in [-0.4, -0.2) is 48.8 Å². The van der Waals surface area contributed by atoms with Gasteiger partial charge in [0.05, 0.1) is 23.7 Å². The van der Waals surface area contributed by atoms with Crippen molar-refractivity contribution in [3.05, 3.63) is 72.6 Å². The number of halogens is 1. The highest BCUT2D eigenvalue weighted by molar-refractivity contribution is 5.96. The Balaban J connectivity index is 1.43. The van der Waals surface area contributed by atoms with Gasteiger partial charge in [0.2, 0.25) is 0 Å². The van der Waals surface area contributed by atoms with Crippen LogP contribution >= 0.6 is 0 Å². The molecule has 0 spiro atoms. The average molecular weight is 495 g/mol. The fraction of sp³-hybridized carbons (Fsp3) is 0.148. The summed E-state index contributed by atoms with van der Waals surface area (Å²) in [5.41, 5.74) is 6.74. The van der Waals surface area contributed by atoms with E-state index in [1.807, 2.05) is 24.5 Å². The second-order valence-electron chi connectivity index (χ2n) is 8.58. The summed E-state index contributed by atoms with van der Waals surface area (Å²) in [5, 5.41) is 11.6. The van der Waals surface area contributed by atoms with Crippen LogP contribution in [0.1, 0.15) is 12.5 Å². The van der Waals surface area contributed by atoms with Gasteiger partial charge in [-0.25, -0.2) is 14.4 Å². The van der Waals surface area contributed by atoms with E-state index in [1.54, 1.807) is 18.5 Å². The van der Waals surface area contributed by atoms with Crippen LogP contribution in [0.25, 0.3) is 56.0 Å². The monoisotopic (exact) mass is 494 g/mol. The molecule has 37 heavy (non-hydrogen) atoms. The second kappa shape index (κ2) is 9.40. The summed E-state index contributed by atoms with van der Waals surface area (Å²) in [7, 11) is 1.50. The Morgan fingerprint density at radius 2 is 1.89 bits per heavy atom. The standard InChI is InChI=1S/C27H23FN8O/c1-3-29-11-15-6-17(13-30-12-15)18-9-21-24(35-36-26(21)32-14-18)27-33-22-4-5-31-23(25(22)34-27)16-7-19(28)10-20(8-16)37-2/h4-10,12-14,29H,3,11H2,1-2H3,(H,33,34)(H,32,35,36). The van der Waals surface area contributed by atoms with Crippen LogP contribution < -0.4 is 10.1 Å². The molecule has 0 unspecified atom stereocenters. The molecule has 0 bridgehead atoms. The molecular formula is C27H23FN8O. The van der Waals surface area contributed by atoms with Crippen LogP contribution in [0.15, 0.2) is 61.2 Å². The van der Waals surface area contributed by atoms with Gasteiger partial charge in [-0.05, 0) is 42.4 Å². The quantitative estimate of drug-likeness (QED) is 0.289. The summed E-state index contributed by atoms with van der Waals surface area (Å²) in [4.78, 5) is 21.6. The minimum absolute atomic E-state index is 0.409. The molecule has 5 aromatic heterocycles. The number of nitrogens with zero attached hydrogens (tertiary/aromatic N) is 5. The van der Waals surface area contributed by atoms with E-state index in [9.17, 15) is 4.39 Å². The molecule has 5 heterocycles. The number of aromatic amines is 2. The minimum Gasteiger partial charge on any atom is -0.497 e. The number of H-pyrrole nitrogens is 2. The van der Waals surface area contributed by atoms with Gasteiger partial charge in [0.1, 0.15) is 22.8 Å². The number of benzene rings is 1. The zero-order chi connectivity index (χ0) is 25.4. The molecule has 0 atom stereocenters. The van der Waals surface area contributed by atoms with Crippen molar-refractivity contribution in [1.29, 1.82) is 0 Å². The van der Waals surface area contributed by atoms with Crippen LogP contribution in [0.4, 0.5) is 4.39 Å². The van der Waals surface area contributed by atoms with Crippen LogP contribution in [0, 0.1) is 5.82 Å². The van der Waals surface area contributed by atoms with Crippen molar-refractivity contribution in [1.82, 2.24) is 40.4 Å². The zero-order valence-corrected chi connectivity index (χ0v) is 20.2. The van der Waals surface area contributed by atoms with Crippen molar-refractivity contribution in [2.75, 3.05) is 13.7 Å². The van der Waals surface area contributed by atoms with E-state index in [0.29, 0.717) is 39.7 Å². The summed E-state index contributed by atoms with van der Waals surface area (Å²) < 4.78 is 19.4. The Morgan fingerprint density at radius 3 is 2.76 bits per heavy atom. The van der Waals surface area contributed by atoms with Gasteiger partial charge in [0, 0.05) is 54.1 Å². The Hall–Kier alpha value is -4.70.